The zero-order valence-electron chi connectivity index (χ0n) is 17.9. The smallest absolute Gasteiger partial charge is 0.397 e. The van der Waals surface area contributed by atoms with Crippen LogP contribution in [0.2, 0.25) is 0 Å². The second-order valence-electron chi connectivity index (χ2n) is 6.32. The van der Waals surface area contributed by atoms with Gasteiger partial charge in [-0.1, -0.05) is 0 Å². The van der Waals surface area contributed by atoms with Crippen LogP contribution in [0.15, 0.2) is 32.7 Å². The van der Waals surface area contributed by atoms with Gasteiger partial charge in [0.05, 0.1) is 35.5 Å². The van der Waals surface area contributed by atoms with Gasteiger partial charge < -0.3 is 16.8 Å². The number of hydrogen-bond acceptors (Lipinski definition) is 9. The van der Waals surface area contributed by atoms with E-state index in [0.29, 0.717) is 21.1 Å². The van der Waals surface area contributed by atoms with E-state index in [0.717, 1.165) is 15.1 Å². The summed E-state index contributed by atoms with van der Waals surface area (Å²) in [5, 5.41) is 4.88. The van der Waals surface area contributed by atoms with Crippen LogP contribution in [0.3, 0.4) is 0 Å². The monoisotopic (exact) mass is 597 g/mol. The highest BCUT2D eigenvalue weighted by atomic mass is 79.9. The quantitative estimate of drug-likeness (QED) is 0.303. The molecule has 0 saturated heterocycles. The first kappa shape index (κ1) is 29.5. The number of Topliss-reactive ketones (excluding diaryl/α,β-unsaturated/α-hetero) is 3. The third kappa shape index (κ3) is 9.00. The average molecular weight is 598 g/mol. The second kappa shape index (κ2) is 12.8. The van der Waals surface area contributed by atoms with Crippen LogP contribution in [-0.4, -0.2) is 29.4 Å². The van der Waals surface area contributed by atoms with Crippen molar-refractivity contribution in [1.82, 2.24) is 0 Å². The molecule has 7 nitrogen and oxygen atoms in total. The van der Waals surface area contributed by atoms with Gasteiger partial charge in [-0.3, -0.25) is 19.2 Å². The van der Waals surface area contributed by atoms with Crippen LogP contribution >= 0.6 is 49.9 Å². The van der Waals surface area contributed by atoms with E-state index < -0.39 is 12.1 Å². The Balaban J connectivity index is 0.000000266. The first-order valence-electron chi connectivity index (χ1n) is 9.01. The fraction of sp³-hybridized carbons (Fsp3) is 0.200. The minimum absolute atomic E-state index is 0.0215. The molecule has 0 atom stereocenters. The Bertz CT molecular complexity index is 1190. The van der Waals surface area contributed by atoms with Gasteiger partial charge in [-0.05, 0) is 44.9 Å². The molecule has 3 aromatic heterocycles. The van der Waals surface area contributed by atoms with Crippen LogP contribution in [0.25, 0.3) is 0 Å². The number of halogens is 4. The highest BCUT2D eigenvalue weighted by molar-refractivity contribution is 9.11. The molecule has 0 aliphatic heterocycles. The minimum Gasteiger partial charge on any atom is -0.397 e. The maximum Gasteiger partial charge on any atom is 0.471 e. The fourth-order valence-electron chi connectivity index (χ4n) is 2.13. The summed E-state index contributed by atoms with van der Waals surface area (Å²) in [4.78, 5) is 44.3. The number of nitrogens with two attached hydrogens (primary N) is 2. The number of carbonyl (C=O) groups is 4. The Hall–Kier alpha value is -2.55. The molecule has 3 aromatic rings. The maximum absolute atomic E-state index is 11.9. The van der Waals surface area contributed by atoms with Gasteiger partial charge in [-0.25, -0.2) is 0 Å². The summed E-state index contributed by atoms with van der Waals surface area (Å²) in [7, 11) is 0. The van der Waals surface area contributed by atoms with E-state index in [2.05, 4.69) is 15.9 Å². The van der Waals surface area contributed by atoms with Crippen LogP contribution < -0.4 is 16.8 Å². The minimum atomic E-state index is -4.95. The number of amides is 1. The van der Waals surface area contributed by atoms with Gasteiger partial charge in [0, 0.05) is 20.8 Å². The standard InChI is InChI=1S/C8H6F3NO2S.C6H6BrNOS.C6H7NOS/c1-4(13)6-5(2-3-15-6)12-7(14)8(9,10)11;1-3(9)6-4(8)2-5(7)10-6;1-4(8)6-5(7)2-3-9-6/h2-3H,1H3,(H,12,14);2H,8H2,1H3;2-3H,7H2,1H3. The molecule has 0 spiro atoms. The first-order chi connectivity index (χ1) is 15.6. The molecule has 5 N–H and O–H groups in total. The first-order valence-corrected chi connectivity index (χ1v) is 12.4. The van der Waals surface area contributed by atoms with Crippen LogP contribution in [0.1, 0.15) is 49.8 Å². The number of anilines is 3. The molecular formula is C20H19BrF3N3O4S3. The summed E-state index contributed by atoms with van der Waals surface area (Å²) in [5.74, 6) is -2.40. The lowest BCUT2D eigenvalue weighted by Crippen LogP contribution is -2.30. The summed E-state index contributed by atoms with van der Waals surface area (Å²) in [5.41, 5.74) is 12.0. The summed E-state index contributed by atoms with van der Waals surface area (Å²) in [6, 6.07) is 4.73. The molecule has 3 heterocycles. The highest BCUT2D eigenvalue weighted by Crippen LogP contribution is 2.29. The number of alkyl halides is 3. The molecular weight excluding hydrogens is 579 g/mol. The number of nitrogen functional groups attached to an aromatic ring is 2. The number of thiophene rings is 3. The lowest BCUT2D eigenvalue weighted by atomic mass is 10.3. The number of nitrogens with one attached hydrogen (secondary N) is 1. The summed E-state index contributed by atoms with van der Waals surface area (Å²) < 4.78 is 36.5. The zero-order chi connectivity index (χ0) is 26.2. The van der Waals surface area contributed by atoms with Crippen LogP contribution in [-0.2, 0) is 4.79 Å². The maximum atomic E-state index is 11.9. The fourth-order valence-corrected chi connectivity index (χ4v) is 5.03. The Morgan fingerprint density at radius 2 is 1.35 bits per heavy atom. The van der Waals surface area contributed by atoms with Crippen molar-refractivity contribution in [1.29, 1.82) is 0 Å². The van der Waals surface area contributed by atoms with E-state index in [9.17, 15) is 32.3 Å². The van der Waals surface area contributed by atoms with Gasteiger partial charge in [0.1, 0.15) is 0 Å². The topological polar surface area (TPSA) is 132 Å². The predicted molar refractivity (Wildman–Crippen MR) is 134 cm³/mol. The van der Waals surface area contributed by atoms with Crippen molar-refractivity contribution >= 4 is 90.3 Å². The van der Waals surface area contributed by atoms with E-state index in [1.165, 1.54) is 54.9 Å². The van der Waals surface area contributed by atoms with Crippen molar-refractivity contribution in [3.63, 3.8) is 0 Å². The van der Waals surface area contributed by atoms with E-state index in [-0.39, 0.29) is 27.9 Å². The summed E-state index contributed by atoms with van der Waals surface area (Å²) in [6.07, 6.45) is -4.95. The molecule has 184 valence electrons. The molecule has 0 unspecified atom stereocenters. The van der Waals surface area contributed by atoms with Gasteiger partial charge in [0.25, 0.3) is 0 Å². The van der Waals surface area contributed by atoms with Crippen LogP contribution in [0.5, 0.6) is 0 Å². The molecule has 3 rings (SSSR count). The van der Waals surface area contributed by atoms with Crippen molar-refractivity contribution in [2.45, 2.75) is 26.9 Å². The second-order valence-corrected chi connectivity index (χ2v) is 10.6. The van der Waals surface area contributed by atoms with Gasteiger partial charge in [0.15, 0.2) is 17.3 Å². The summed E-state index contributed by atoms with van der Waals surface area (Å²) in [6.45, 7) is 4.24. The van der Waals surface area contributed by atoms with Crippen molar-refractivity contribution in [2.75, 3.05) is 16.8 Å². The predicted octanol–water partition coefficient (Wildman–Crippen LogP) is 6.28. The van der Waals surface area contributed by atoms with Crippen LogP contribution in [0.4, 0.5) is 30.2 Å². The Kier molecular flexibility index (Phi) is 11.1. The van der Waals surface area contributed by atoms with Crippen molar-refractivity contribution in [3.05, 3.63) is 47.4 Å². The van der Waals surface area contributed by atoms with Crippen molar-refractivity contribution in [3.8, 4) is 0 Å². The van der Waals surface area contributed by atoms with Gasteiger partial charge in [-0.2, -0.15) is 13.2 Å². The van der Waals surface area contributed by atoms with Crippen molar-refractivity contribution < 1.29 is 32.3 Å². The van der Waals surface area contributed by atoms with Gasteiger partial charge in [0.2, 0.25) is 0 Å². The number of carbonyl (C=O) groups excluding carboxylic acids is 4. The number of rotatable bonds is 4. The molecule has 0 aliphatic carbocycles. The normalized spacial score (nSPS) is 10.3. The van der Waals surface area contributed by atoms with E-state index in [1.54, 1.807) is 17.4 Å². The SMILES string of the molecule is CC(=O)c1sc(Br)cc1N.CC(=O)c1sccc1N.CC(=O)c1sccc1NC(=O)C(F)(F)F. The highest BCUT2D eigenvalue weighted by Gasteiger charge is 2.39. The van der Waals surface area contributed by atoms with E-state index in [4.69, 9.17) is 11.5 Å². The lowest BCUT2D eigenvalue weighted by molar-refractivity contribution is -0.167. The molecule has 1 amide bonds. The molecule has 0 bridgehead atoms. The molecule has 0 aromatic carbocycles. The zero-order valence-corrected chi connectivity index (χ0v) is 21.9. The average Bonchev–Trinajstić information content (AvgIpc) is 3.42. The molecule has 34 heavy (non-hydrogen) atoms. The van der Waals surface area contributed by atoms with Gasteiger partial charge in [-0.15, -0.1) is 34.0 Å². The molecule has 0 radical (unpaired) electrons. The van der Waals surface area contributed by atoms with E-state index >= 15 is 0 Å². The third-order valence-electron chi connectivity index (χ3n) is 3.56. The third-order valence-corrected chi connectivity index (χ3v) is 7.36. The Labute approximate surface area is 213 Å². The van der Waals surface area contributed by atoms with Crippen LogP contribution in [0, 0.1) is 0 Å². The largest absolute Gasteiger partial charge is 0.471 e. The summed E-state index contributed by atoms with van der Waals surface area (Å²) >= 11 is 6.96. The molecule has 0 saturated carbocycles. The van der Waals surface area contributed by atoms with Crippen molar-refractivity contribution in [2.24, 2.45) is 0 Å². The molecule has 0 aliphatic rings. The number of ketones is 3. The Morgan fingerprint density at radius 3 is 1.68 bits per heavy atom. The number of hydrogen-bond donors (Lipinski definition) is 3. The molecule has 0 fully saturated rings. The Morgan fingerprint density at radius 1 is 0.853 bits per heavy atom. The van der Waals surface area contributed by atoms with Gasteiger partial charge >= 0.3 is 12.1 Å². The molecule has 14 heteroatoms. The lowest BCUT2D eigenvalue weighted by Gasteiger charge is -2.07. The van der Waals surface area contributed by atoms with E-state index in [1.807, 2.05) is 5.38 Å².